The minimum absolute atomic E-state index is 0. The average molecular weight is 339 g/mol. The highest BCUT2D eigenvalue weighted by Gasteiger charge is 2.34. The molecule has 1 aromatic carbocycles. The lowest BCUT2D eigenvalue weighted by Gasteiger charge is -2.33. The van der Waals surface area contributed by atoms with Gasteiger partial charge in [0.2, 0.25) is 0 Å². The van der Waals surface area contributed by atoms with Crippen LogP contribution in [-0.2, 0) is 0 Å². The van der Waals surface area contributed by atoms with Gasteiger partial charge < -0.3 is 15.0 Å². The number of hydrogen-bond donors (Lipinski definition) is 1. The minimum Gasteiger partial charge on any atom is -0.405 e. The summed E-state index contributed by atoms with van der Waals surface area (Å²) in [5.74, 6) is -0.892. The Balaban J connectivity index is 0.00000242. The average Bonchev–Trinajstić information content (AvgIpc) is 2.45. The van der Waals surface area contributed by atoms with E-state index >= 15 is 0 Å². The van der Waals surface area contributed by atoms with Gasteiger partial charge in [-0.15, -0.1) is 25.6 Å². The first kappa shape index (κ1) is 18.6. The SMILES string of the molecule is CN[C@H]1CCCN(C(=O)c2ccccc2OC(F)(F)F)C1.Cl. The van der Waals surface area contributed by atoms with E-state index in [0.717, 1.165) is 18.9 Å². The Kier molecular flexibility index (Phi) is 6.49. The molecule has 0 unspecified atom stereocenters. The zero-order valence-corrected chi connectivity index (χ0v) is 12.8. The highest BCUT2D eigenvalue weighted by Crippen LogP contribution is 2.27. The van der Waals surface area contributed by atoms with Crippen LogP contribution < -0.4 is 10.1 Å². The van der Waals surface area contributed by atoms with Crippen molar-refractivity contribution in [1.82, 2.24) is 10.2 Å². The smallest absolute Gasteiger partial charge is 0.405 e. The van der Waals surface area contributed by atoms with Crippen LogP contribution in [0.4, 0.5) is 13.2 Å². The Morgan fingerprint density at radius 3 is 2.68 bits per heavy atom. The van der Waals surface area contributed by atoms with Crippen LogP contribution in [0.15, 0.2) is 24.3 Å². The van der Waals surface area contributed by atoms with Crippen LogP contribution in [0.1, 0.15) is 23.2 Å². The monoisotopic (exact) mass is 338 g/mol. The topological polar surface area (TPSA) is 41.6 Å². The number of hydrogen-bond acceptors (Lipinski definition) is 3. The number of carbonyl (C=O) groups is 1. The molecule has 1 aliphatic rings. The van der Waals surface area contributed by atoms with Crippen LogP contribution in [0.25, 0.3) is 0 Å². The third kappa shape index (κ3) is 4.78. The molecule has 1 amide bonds. The highest BCUT2D eigenvalue weighted by atomic mass is 35.5. The number of ether oxygens (including phenoxy) is 1. The molecule has 0 spiro atoms. The van der Waals surface area contributed by atoms with Crippen LogP contribution in [0, 0.1) is 0 Å². The van der Waals surface area contributed by atoms with E-state index in [1.54, 1.807) is 11.9 Å². The molecule has 0 bridgehead atoms. The number of amides is 1. The largest absolute Gasteiger partial charge is 0.573 e. The number of benzene rings is 1. The number of alkyl halides is 3. The van der Waals surface area contributed by atoms with Crippen molar-refractivity contribution < 1.29 is 22.7 Å². The summed E-state index contributed by atoms with van der Waals surface area (Å²) in [4.78, 5) is 14.0. The zero-order chi connectivity index (χ0) is 15.5. The van der Waals surface area contributed by atoms with E-state index in [-0.39, 0.29) is 24.0 Å². The third-order valence-electron chi connectivity index (χ3n) is 3.46. The lowest BCUT2D eigenvalue weighted by atomic mass is 10.0. The normalized spacial score (nSPS) is 18.5. The highest BCUT2D eigenvalue weighted by molar-refractivity contribution is 5.97. The molecule has 1 aliphatic heterocycles. The van der Waals surface area contributed by atoms with Gasteiger partial charge in [-0.2, -0.15) is 0 Å². The van der Waals surface area contributed by atoms with Crippen molar-refractivity contribution in [3.8, 4) is 5.75 Å². The number of halogens is 4. The molecule has 124 valence electrons. The van der Waals surface area contributed by atoms with Gasteiger partial charge in [0, 0.05) is 19.1 Å². The predicted octanol–water partition coefficient (Wildman–Crippen LogP) is 2.83. The second-order valence-corrected chi connectivity index (χ2v) is 4.92. The van der Waals surface area contributed by atoms with Crippen LogP contribution in [-0.4, -0.2) is 43.3 Å². The summed E-state index contributed by atoms with van der Waals surface area (Å²) >= 11 is 0. The summed E-state index contributed by atoms with van der Waals surface area (Å²) in [6.45, 7) is 1.02. The molecule has 1 N–H and O–H groups in total. The number of nitrogens with zero attached hydrogens (tertiary/aromatic N) is 1. The van der Waals surface area contributed by atoms with Gasteiger partial charge in [-0.1, -0.05) is 12.1 Å². The standard InChI is InChI=1S/C14H17F3N2O2.ClH/c1-18-10-5-4-8-19(9-10)13(20)11-6-2-3-7-12(11)21-14(15,16)17;/h2-3,6-7,10,18H,4-5,8-9H2,1H3;1H/t10-;/m0./s1. The summed E-state index contributed by atoms with van der Waals surface area (Å²) in [6, 6.07) is 5.60. The number of carbonyl (C=O) groups excluding carboxylic acids is 1. The fourth-order valence-corrected chi connectivity index (χ4v) is 2.42. The third-order valence-corrected chi connectivity index (χ3v) is 3.46. The maximum Gasteiger partial charge on any atom is 0.573 e. The van der Waals surface area contributed by atoms with Crippen LogP contribution in [0.3, 0.4) is 0 Å². The van der Waals surface area contributed by atoms with Gasteiger partial charge >= 0.3 is 6.36 Å². The Morgan fingerprint density at radius 2 is 2.05 bits per heavy atom. The molecule has 0 radical (unpaired) electrons. The molecule has 0 saturated carbocycles. The second-order valence-electron chi connectivity index (χ2n) is 4.92. The summed E-state index contributed by atoms with van der Waals surface area (Å²) in [7, 11) is 1.80. The van der Waals surface area contributed by atoms with E-state index in [2.05, 4.69) is 10.1 Å². The van der Waals surface area contributed by atoms with Crippen LogP contribution >= 0.6 is 12.4 Å². The molecule has 0 aromatic heterocycles. The van der Waals surface area contributed by atoms with Crippen LogP contribution in [0.5, 0.6) is 5.75 Å². The van der Waals surface area contributed by atoms with E-state index in [9.17, 15) is 18.0 Å². The Morgan fingerprint density at radius 1 is 1.36 bits per heavy atom. The molecule has 4 nitrogen and oxygen atoms in total. The summed E-state index contributed by atoms with van der Waals surface area (Å²) in [6.07, 6.45) is -3.05. The van der Waals surface area contributed by atoms with Gasteiger partial charge in [0.05, 0.1) is 5.56 Å². The Bertz CT molecular complexity index is 511. The molecule has 1 heterocycles. The van der Waals surface area contributed by atoms with Crippen molar-refractivity contribution in [2.75, 3.05) is 20.1 Å². The maximum absolute atomic E-state index is 12.4. The molecule has 2 rings (SSSR count). The van der Waals surface area contributed by atoms with Gasteiger partial charge in [0.25, 0.3) is 5.91 Å². The lowest BCUT2D eigenvalue weighted by Crippen LogP contribution is -2.47. The number of rotatable bonds is 3. The molecule has 8 heteroatoms. The number of piperidine rings is 1. The maximum atomic E-state index is 12.4. The minimum atomic E-state index is -4.81. The molecule has 1 fully saturated rings. The number of likely N-dealkylation sites (N-methyl/N-ethyl adjacent to an activating group) is 1. The number of likely N-dealkylation sites (tertiary alicyclic amines) is 1. The van der Waals surface area contributed by atoms with Crippen molar-refractivity contribution in [2.45, 2.75) is 25.2 Å². The fraction of sp³-hybridized carbons (Fsp3) is 0.500. The van der Waals surface area contributed by atoms with Crippen molar-refractivity contribution >= 4 is 18.3 Å². The zero-order valence-electron chi connectivity index (χ0n) is 12.0. The predicted molar refractivity (Wildman–Crippen MR) is 78.4 cm³/mol. The lowest BCUT2D eigenvalue weighted by molar-refractivity contribution is -0.274. The van der Waals surface area contributed by atoms with Crippen molar-refractivity contribution in [2.24, 2.45) is 0 Å². The first-order valence-electron chi connectivity index (χ1n) is 6.72. The molecule has 1 saturated heterocycles. The summed E-state index contributed by atoms with van der Waals surface area (Å²) in [5.41, 5.74) is -0.0634. The molecular weight excluding hydrogens is 321 g/mol. The summed E-state index contributed by atoms with van der Waals surface area (Å²) < 4.78 is 41.1. The van der Waals surface area contributed by atoms with E-state index in [4.69, 9.17) is 0 Å². The second kappa shape index (κ2) is 7.69. The summed E-state index contributed by atoms with van der Waals surface area (Å²) in [5, 5.41) is 3.09. The number of para-hydroxylation sites is 1. The van der Waals surface area contributed by atoms with E-state index < -0.39 is 18.0 Å². The fourth-order valence-electron chi connectivity index (χ4n) is 2.42. The Labute approximate surface area is 133 Å². The molecule has 0 aliphatic carbocycles. The molecular formula is C14H18ClF3N2O2. The van der Waals surface area contributed by atoms with Crippen molar-refractivity contribution in [1.29, 1.82) is 0 Å². The first-order valence-corrected chi connectivity index (χ1v) is 6.72. The van der Waals surface area contributed by atoms with Gasteiger partial charge in [0.15, 0.2) is 0 Å². The number of nitrogens with one attached hydrogen (secondary N) is 1. The van der Waals surface area contributed by atoms with Gasteiger partial charge in [-0.25, -0.2) is 0 Å². The quantitative estimate of drug-likeness (QED) is 0.921. The van der Waals surface area contributed by atoms with E-state index in [1.165, 1.54) is 18.2 Å². The van der Waals surface area contributed by atoms with E-state index in [1.807, 2.05) is 0 Å². The molecule has 22 heavy (non-hydrogen) atoms. The van der Waals surface area contributed by atoms with Crippen LogP contribution in [0.2, 0.25) is 0 Å². The first-order chi connectivity index (χ1) is 9.90. The molecule has 1 aromatic rings. The van der Waals surface area contributed by atoms with Crippen molar-refractivity contribution in [3.05, 3.63) is 29.8 Å². The van der Waals surface area contributed by atoms with Crippen molar-refractivity contribution in [3.63, 3.8) is 0 Å². The molecule has 1 atom stereocenters. The van der Waals surface area contributed by atoms with E-state index in [0.29, 0.717) is 13.1 Å². The van der Waals surface area contributed by atoms with Gasteiger partial charge in [0.1, 0.15) is 5.75 Å². The van der Waals surface area contributed by atoms with Gasteiger partial charge in [-0.3, -0.25) is 4.79 Å². The van der Waals surface area contributed by atoms with Gasteiger partial charge in [-0.05, 0) is 32.0 Å². The Hall–Kier alpha value is -1.47.